The molecule has 7 heteroatoms. The lowest BCUT2D eigenvalue weighted by Crippen LogP contribution is -2.49. The van der Waals surface area contributed by atoms with Gasteiger partial charge in [-0.25, -0.2) is 4.39 Å². The second kappa shape index (κ2) is 9.02. The van der Waals surface area contributed by atoms with Gasteiger partial charge < -0.3 is 20.1 Å². The Morgan fingerprint density at radius 1 is 0.882 bits per heavy atom. The van der Waals surface area contributed by atoms with E-state index in [-0.39, 0.29) is 17.6 Å². The Morgan fingerprint density at radius 3 is 2.26 bits per heavy atom. The number of hydrogen-bond donors (Lipinski definition) is 2. The van der Waals surface area contributed by atoms with Gasteiger partial charge in [-0.1, -0.05) is 35.9 Å². The third-order valence-electron chi connectivity index (χ3n) is 6.23. The molecule has 3 aromatic carbocycles. The molecule has 0 bridgehead atoms. The molecule has 4 aromatic rings. The average Bonchev–Trinajstić information content (AvgIpc) is 3.23. The first-order valence-electron chi connectivity index (χ1n) is 11.3. The number of halogens is 1. The van der Waals surface area contributed by atoms with Gasteiger partial charge in [0.05, 0.1) is 5.69 Å². The summed E-state index contributed by atoms with van der Waals surface area (Å²) in [6, 6.07) is 21.3. The summed E-state index contributed by atoms with van der Waals surface area (Å²) in [6.07, 6.45) is 0. The lowest BCUT2D eigenvalue weighted by atomic mass is 10.1. The first-order chi connectivity index (χ1) is 16.5. The van der Waals surface area contributed by atoms with Gasteiger partial charge in [-0.2, -0.15) is 0 Å². The van der Waals surface area contributed by atoms with Crippen molar-refractivity contribution < 1.29 is 14.0 Å². The van der Waals surface area contributed by atoms with E-state index in [2.05, 4.69) is 15.2 Å². The van der Waals surface area contributed by atoms with Gasteiger partial charge in [0.2, 0.25) is 0 Å². The number of nitrogens with zero attached hydrogens (tertiary/aromatic N) is 2. The number of rotatable bonds is 4. The molecule has 1 aliphatic rings. The third kappa shape index (κ3) is 4.24. The maximum atomic E-state index is 13.5. The quantitative estimate of drug-likeness (QED) is 0.462. The number of H-pyrrole nitrogens is 1. The number of para-hydroxylation sites is 1. The van der Waals surface area contributed by atoms with Crippen LogP contribution in [0.2, 0.25) is 0 Å². The lowest BCUT2D eigenvalue weighted by Gasteiger charge is -2.36. The van der Waals surface area contributed by atoms with E-state index in [1.807, 2.05) is 43.3 Å². The van der Waals surface area contributed by atoms with Gasteiger partial charge in [0.1, 0.15) is 11.5 Å². The molecule has 1 aliphatic heterocycles. The van der Waals surface area contributed by atoms with Crippen molar-refractivity contribution >= 4 is 34.1 Å². The lowest BCUT2D eigenvalue weighted by molar-refractivity contribution is 0.0743. The Bertz CT molecular complexity index is 1340. The summed E-state index contributed by atoms with van der Waals surface area (Å²) in [5.41, 5.74) is 4.19. The van der Waals surface area contributed by atoms with Crippen molar-refractivity contribution in [2.75, 3.05) is 36.4 Å². The van der Waals surface area contributed by atoms with E-state index >= 15 is 0 Å². The van der Waals surface area contributed by atoms with E-state index < -0.39 is 0 Å². The van der Waals surface area contributed by atoms with Gasteiger partial charge in [-0.3, -0.25) is 9.59 Å². The number of fused-ring (bicyclic) bond motifs is 1. The molecule has 2 N–H and O–H groups in total. The number of amides is 2. The molecule has 1 fully saturated rings. The zero-order chi connectivity index (χ0) is 23.7. The fraction of sp³-hybridized carbons (Fsp3) is 0.185. The molecule has 1 aromatic heterocycles. The van der Waals surface area contributed by atoms with E-state index in [0.29, 0.717) is 43.1 Å². The minimum Gasteiger partial charge on any atom is -0.368 e. The molecule has 2 heterocycles. The maximum Gasteiger partial charge on any atom is 0.272 e. The molecule has 0 radical (unpaired) electrons. The van der Waals surface area contributed by atoms with Crippen LogP contribution in [0.15, 0.2) is 72.8 Å². The smallest absolute Gasteiger partial charge is 0.272 e. The number of piperazine rings is 1. The van der Waals surface area contributed by atoms with Gasteiger partial charge in [0, 0.05) is 48.3 Å². The van der Waals surface area contributed by atoms with Crippen LogP contribution in [-0.2, 0) is 0 Å². The molecule has 0 unspecified atom stereocenters. The first kappa shape index (κ1) is 21.7. The van der Waals surface area contributed by atoms with Crippen LogP contribution in [0.25, 0.3) is 10.9 Å². The SMILES string of the molecule is Cc1ccc(C(=O)Nc2c(C(=O)N3CCN(c4ccc(F)cc4)CC3)[nH]c3ccccc23)cc1. The highest BCUT2D eigenvalue weighted by Gasteiger charge is 2.27. The number of aryl methyl sites for hydroxylation is 1. The molecule has 34 heavy (non-hydrogen) atoms. The van der Waals surface area contributed by atoms with E-state index in [4.69, 9.17) is 0 Å². The summed E-state index contributed by atoms with van der Waals surface area (Å²) in [5.74, 6) is -0.689. The fourth-order valence-electron chi connectivity index (χ4n) is 4.30. The summed E-state index contributed by atoms with van der Waals surface area (Å²) in [5, 5.41) is 3.75. The van der Waals surface area contributed by atoms with E-state index in [0.717, 1.165) is 22.2 Å². The number of benzene rings is 3. The number of carbonyl (C=O) groups is 2. The van der Waals surface area contributed by atoms with E-state index in [1.54, 1.807) is 29.2 Å². The molecular weight excluding hydrogens is 431 g/mol. The summed E-state index contributed by atoms with van der Waals surface area (Å²) in [4.78, 5) is 33.6. The Kier molecular flexibility index (Phi) is 5.76. The number of aromatic amines is 1. The first-order valence-corrected chi connectivity index (χ1v) is 11.3. The van der Waals surface area contributed by atoms with Crippen LogP contribution in [-0.4, -0.2) is 47.9 Å². The van der Waals surface area contributed by atoms with E-state index in [9.17, 15) is 14.0 Å². The molecule has 2 amide bonds. The van der Waals surface area contributed by atoms with Crippen LogP contribution in [0.4, 0.5) is 15.8 Å². The largest absolute Gasteiger partial charge is 0.368 e. The fourth-order valence-corrected chi connectivity index (χ4v) is 4.30. The average molecular weight is 457 g/mol. The van der Waals surface area contributed by atoms with Gasteiger partial charge in [0.25, 0.3) is 11.8 Å². The Hall–Kier alpha value is -4.13. The van der Waals surface area contributed by atoms with Crippen molar-refractivity contribution in [3.63, 3.8) is 0 Å². The van der Waals surface area contributed by atoms with Crippen molar-refractivity contribution in [3.8, 4) is 0 Å². The Balaban J connectivity index is 1.38. The molecule has 0 atom stereocenters. The second-order valence-corrected chi connectivity index (χ2v) is 8.50. The zero-order valence-corrected chi connectivity index (χ0v) is 18.8. The number of aromatic nitrogens is 1. The molecule has 1 saturated heterocycles. The van der Waals surface area contributed by atoms with Gasteiger partial charge in [0.15, 0.2) is 0 Å². The molecule has 172 valence electrons. The molecule has 0 saturated carbocycles. The van der Waals surface area contributed by atoms with Crippen molar-refractivity contribution in [3.05, 3.63) is 95.4 Å². The molecular formula is C27H25FN4O2. The topological polar surface area (TPSA) is 68.4 Å². The molecule has 6 nitrogen and oxygen atoms in total. The number of nitrogens with one attached hydrogen (secondary N) is 2. The second-order valence-electron chi connectivity index (χ2n) is 8.50. The van der Waals surface area contributed by atoms with Crippen LogP contribution < -0.4 is 10.2 Å². The van der Waals surface area contributed by atoms with Crippen molar-refractivity contribution in [2.24, 2.45) is 0 Å². The predicted octanol–water partition coefficient (Wildman–Crippen LogP) is 4.83. The highest BCUT2D eigenvalue weighted by atomic mass is 19.1. The van der Waals surface area contributed by atoms with Crippen molar-refractivity contribution in [1.82, 2.24) is 9.88 Å². The minimum atomic E-state index is -0.267. The van der Waals surface area contributed by atoms with Crippen LogP contribution in [0.1, 0.15) is 26.4 Å². The number of hydrogen-bond acceptors (Lipinski definition) is 3. The van der Waals surface area contributed by atoms with Gasteiger partial charge in [-0.15, -0.1) is 0 Å². The summed E-state index contributed by atoms with van der Waals surface area (Å²) < 4.78 is 13.2. The zero-order valence-electron chi connectivity index (χ0n) is 18.8. The van der Waals surface area contributed by atoms with Gasteiger partial charge >= 0.3 is 0 Å². The highest BCUT2D eigenvalue weighted by molar-refractivity contribution is 6.15. The molecule has 0 spiro atoms. The number of anilines is 2. The van der Waals surface area contributed by atoms with Crippen molar-refractivity contribution in [1.29, 1.82) is 0 Å². The van der Waals surface area contributed by atoms with Crippen LogP contribution in [0, 0.1) is 12.7 Å². The summed E-state index contributed by atoms with van der Waals surface area (Å²) in [6.45, 7) is 4.30. The monoisotopic (exact) mass is 456 g/mol. The number of carbonyl (C=O) groups excluding carboxylic acids is 2. The van der Waals surface area contributed by atoms with E-state index in [1.165, 1.54) is 12.1 Å². The molecule has 0 aliphatic carbocycles. The van der Waals surface area contributed by atoms with Crippen LogP contribution >= 0.6 is 0 Å². The summed E-state index contributed by atoms with van der Waals surface area (Å²) >= 11 is 0. The van der Waals surface area contributed by atoms with Crippen LogP contribution in [0.5, 0.6) is 0 Å². The Morgan fingerprint density at radius 2 is 1.56 bits per heavy atom. The Labute approximate surface area is 197 Å². The summed E-state index contributed by atoms with van der Waals surface area (Å²) in [7, 11) is 0. The molecule has 5 rings (SSSR count). The van der Waals surface area contributed by atoms with Crippen molar-refractivity contribution in [2.45, 2.75) is 6.92 Å². The highest BCUT2D eigenvalue weighted by Crippen LogP contribution is 2.30. The maximum absolute atomic E-state index is 13.5. The predicted molar refractivity (Wildman–Crippen MR) is 132 cm³/mol. The minimum absolute atomic E-state index is 0.158. The standard InChI is InChI=1S/C27H25FN4O2/c1-18-6-8-19(9-7-18)26(33)30-24-22-4-2-3-5-23(22)29-25(24)27(34)32-16-14-31(15-17-32)21-12-10-20(28)11-13-21/h2-13,29H,14-17H2,1H3,(H,30,33). The van der Waals surface area contributed by atoms with Gasteiger partial charge in [-0.05, 0) is 49.4 Å². The van der Waals surface area contributed by atoms with Crippen LogP contribution in [0.3, 0.4) is 0 Å². The normalized spacial score (nSPS) is 13.8. The third-order valence-corrected chi connectivity index (χ3v) is 6.23.